The van der Waals surface area contributed by atoms with Gasteiger partial charge in [-0.2, -0.15) is 0 Å². The molecule has 0 saturated carbocycles. The van der Waals surface area contributed by atoms with Gasteiger partial charge in [0.05, 0.1) is 0 Å². The lowest BCUT2D eigenvalue weighted by Gasteiger charge is -2.15. The summed E-state index contributed by atoms with van der Waals surface area (Å²) in [7, 11) is 0. The molecular weight excluding hydrogens is 282 g/mol. The number of phenolic OH excluding ortho intramolecular Hbond substituents is 1. The highest BCUT2D eigenvalue weighted by Gasteiger charge is 2.19. The summed E-state index contributed by atoms with van der Waals surface area (Å²) in [5.41, 5.74) is 1.69. The molecule has 2 rings (SSSR count). The predicted molar refractivity (Wildman–Crippen MR) is 81.0 cm³/mol. The van der Waals surface area contributed by atoms with Gasteiger partial charge in [-0.3, -0.25) is 4.79 Å². The summed E-state index contributed by atoms with van der Waals surface area (Å²) in [5, 5.41) is 11.7. The van der Waals surface area contributed by atoms with E-state index in [1.807, 2.05) is 30.3 Å². The van der Waals surface area contributed by atoms with Gasteiger partial charge in [0.25, 0.3) is 0 Å². The Hall–Kier alpha value is -2.82. The minimum atomic E-state index is -0.759. The molecule has 2 aromatic rings. The lowest BCUT2D eigenvalue weighted by molar-refractivity contribution is -0.148. The van der Waals surface area contributed by atoms with E-state index in [0.717, 1.165) is 11.1 Å². The number of hydrogen-bond acceptors (Lipinski definition) is 4. The topological polar surface area (TPSA) is 75.6 Å². The number of benzene rings is 2. The second-order valence-corrected chi connectivity index (χ2v) is 4.80. The molecule has 0 spiro atoms. The van der Waals surface area contributed by atoms with Crippen molar-refractivity contribution in [3.8, 4) is 5.75 Å². The fourth-order valence-electron chi connectivity index (χ4n) is 1.99. The molecule has 5 nitrogen and oxygen atoms in total. The summed E-state index contributed by atoms with van der Waals surface area (Å²) < 4.78 is 5.23. The Bertz CT molecular complexity index is 610. The first-order chi connectivity index (χ1) is 10.7. The van der Waals surface area contributed by atoms with E-state index >= 15 is 0 Å². The molecule has 2 N–H and O–H groups in total. The Labute approximate surface area is 128 Å². The smallest absolute Gasteiger partial charge is 0.329 e. The van der Waals surface area contributed by atoms with Gasteiger partial charge < -0.3 is 15.2 Å². The third-order valence-electron chi connectivity index (χ3n) is 3.15. The standard InChI is InChI=1S/C17H17NO4/c19-12-18-16(10-13-6-8-15(20)9-7-13)17(21)22-11-14-4-2-1-3-5-14/h1-9,12,16,20H,10-11H2,(H,18,19). The zero-order valence-electron chi connectivity index (χ0n) is 11.9. The summed E-state index contributed by atoms with van der Waals surface area (Å²) in [6.45, 7) is 0.159. The Morgan fingerprint density at radius 1 is 1.09 bits per heavy atom. The second-order valence-electron chi connectivity index (χ2n) is 4.80. The first-order valence-corrected chi connectivity index (χ1v) is 6.87. The van der Waals surface area contributed by atoms with Crippen LogP contribution in [0.25, 0.3) is 0 Å². The van der Waals surface area contributed by atoms with Crippen LogP contribution in [0.4, 0.5) is 0 Å². The number of ether oxygens (including phenoxy) is 1. The average molecular weight is 299 g/mol. The zero-order valence-corrected chi connectivity index (χ0v) is 11.9. The van der Waals surface area contributed by atoms with Gasteiger partial charge in [-0.25, -0.2) is 4.79 Å². The van der Waals surface area contributed by atoms with Crippen molar-refractivity contribution in [3.63, 3.8) is 0 Å². The Morgan fingerprint density at radius 3 is 2.41 bits per heavy atom. The van der Waals surface area contributed by atoms with E-state index in [-0.39, 0.29) is 12.4 Å². The molecule has 0 fully saturated rings. The first kappa shape index (κ1) is 15.6. The molecule has 0 aliphatic rings. The van der Waals surface area contributed by atoms with Crippen molar-refractivity contribution in [2.45, 2.75) is 19.1 Å². The van der Waals surface area contributed by atoms with Crippen molar-refractivity contribution >= 4 is 12.4 Å². The van der Waals surface area contributed by atoms with Gasteiger partial charge in [0, 0.05) is 6.42 Å². The highest BCUT2D eigenvalue weighted by molar-refractivity contribution is 5.78. The SMILES string of the molecule is O=CNC(Cc1ccc(O)cc1)C(=O)OCc1ccccc1. The number of phenols is 1. The third-order valence-corrected chi connectivity index (χ3v) is 3.15. The number of hydrogen-bond donors (Lipinski definition) is 2. The molecule has 22 heavy (non-hydrogen) atoms. The fourth-order valence-corrected chi connectivity index (χ4v) is 1.99. The number of carbonyl (C=O) groups excluding carboxylic acids is 2. The van der Waals surface area contributed by atoms with Gasteiger partial charge in [0.15, 0.2) is 0 Å². The fraction of sp³-hybridized carbons (Fsp3) is 0.176. The first-order valence-electron chi connectivity index (χ1n) is 6.87. The van der Waals surface area contributed by atoms with E-state index in [1.54, 1.807) is 12.1 Å². The van der Waals surface area contributed by atoms with Gasteiger partial charge in [-0.05, 0) is 23.3 Å². The summed E-state index contributed by atoms with van der Waals surface area (Å²) in [5.74, 6) is -0.348. The van der Waals surface area contributed by atoms with Crippen molar-refractivity contribution < 1.29 is 19.4 Å². The summed E-state index contributed by atoms with van der Waals surface area (Å²) >= 11 is 0. The van der Waals surface area contributed by atoms with Crippen LogP contribution in [0.1, 0.15) is 11.1 Å². The normalized spacial score (nSPS) is 11.5. The monoisotopic (exact) mass is 299 g/mol. The molecule has 0 saturated heterocycles. The number of carbonyl (C=O) groups is 2. The van der Waals surface area contributed by atoms with Crippen molar-refractivity contribution in [2.24, 2.45) is 0 Å². The molecule has 0 aliphatic carbocycles. The zero-order chi connectivity index (χ0) is 15.8. The second kappa shape index (κ2) is 7.83. The molecular formula is C17H17NO4. The van der Waals surface area contributed by atoms with Crippen LogP contribution < -0.4 is 5.32 Å². The molecule has 1 atom stereocenters. The molecule has 2 aromatic carbocycles. The number of amides is 1. The van der Waals surface area contributed by atoms with Crippen molar-refractivity contribution in [1.29, 1.82) is 0 Å². The highest BCUT2D eigenvalue weighted by Crippen LogP contribution is 2.12. The molecule has 114 valence electrons. The number of esters is 1. The van der Waals surface area contributed by atoms with Crippen LogP contribution in [0.5, 0.6) is 5.75 Å². The average Bonchev–Trinajstić information content (AvgIpc) is 2.55. The van der Waals surface area contributed by atoms with Crippen molar-refractivity contribution in [1.82, 2.24) is 5.32 Å². The Kier molecular flexibility index (Phi) is 5.54. The largest absolute Gasteiger partial charge is 0.508 e. The molecule has 0 aromatic heterocycles. The molecule has 1 unspecified atom stereocenters. The minimum Gasteiger partial charge on any atom is -0.508 e. The maximum absolute atomic E-state index is 12.1. The van der Waals surface area contributed by atoms with Crippen LogP contribution >= 0.6 is 0 Å². The van der Waals surface area contributed by atoms with Crippen molar-refractivity contribution in [2.75, 3.05) is 0 Å². The van der Waals surface area contributed by atoms with Crippen LogP contribution in [-0.2, 0) is 27.4 Å². The van der Waals surface area contributed by atoms with Crippen molar-refractivity contribution in [3.05, 3.63) is 65.7 Å². The van der Waals surface area contributed by atoms with Crippen LogP contribution in [0, 0.1) is 0 Å². The molecule has 0 radical (unpaired) electrons. The van der Waals surface area contributed by atoms with E-state index in [9.17, 15) is 14.7 Å². The van der Waals surface area contributed by atoms with E-state index in [4.69, 9.17) is 4.74 Å². The van der Waals surface area contributed by atoms with Crippen LogP contribution in [0.3, 0.4) is 0 Å². The van der Waals surface area contributed by atoms with E-state index in [0.29, 0.717) is 12.8 Å². The van der Waals surface area contributed by atoms with E-state index in [2.05, 4.69) is 5.32 Å². The molecule has 0 heterocycles. The third kappa shape index (κ3) is 4.63. The van der Waals surface area contributed by atoms with Gasteiger partial charge in [-0.1, -0.05) is 42.5 Å². The van der Waals surface area contributed by atoms with Gasteiger partial charge in [0.2, 0.25) is 6.41 Å². The summed E-state index contributed by atoms with van der Waals surface area (Å²) in [4.78, 5) is 22.8. The quantitative estimate of drug-likeness (QED) is 0.604. The van der Waals surface area contributed by atoms with Gasteiger partial charge in [-0.15, -0.1) is 0 Å². The number of nitrogens with one attached hydrogen (secondary N) is 1. The molecule has 5 heteroatoms. The number of aromatic hydroxyl groups is 1. The summed E-state index contributed by atoms with van der Waals surface area (Å²) in [6, 6.07) is 15.0. The molecule has 1 amide bonds. The lowest BCUT2D eigenvalue weighted by Crippen LogP contribution is -2.39. The predicted octanol–water partition coefficient (Wildman–Crippen LogP) is 1.79. The van der Waals surface area contributed by atoms with E-state index in [1.165, 1.54) is 12.1 Å². The van der Waals surface area contributed by atoms with Gasteiger partial charge in [0.1, 0.15) is 18.4 Å². The Balaban J connectivity index is 1.95. The molecule has 0 bridgehead atoms. The summed E-state index contributed by atoms with van der Waals surface area (Å²) in [6.07, 6.45) is 0.779. The lowest BCUT2D eigenvalue weighted by atomic mass is 10.1. The molecule has 0 aliphatic heterocycles. The highest BCUT2D eigenvalue weighted by atomic mass is 16.5. The number of rotatable bonds is 7. The van der Waals surface area contributed by atoms with Crippen LogP contribution in [0.15, 0.2) is 54.6 Å². The van der Waals surface area contributed by atoms with Crippen LogP contribution in [0.2, 0.25) is 0 Å². The minimum absolute atomic E-state index is 0.148. The maximum atomic E-state index is 12.1. The van der Waals surface area contributed by atoms with Gasteiger partial charge >= 0.3 is 5.97 Å². The van der Waals surface area contributed by atoms with Crippen LogP contribution in [-0.4, -0.2) is 23.5 Å². The van der Waals surface area contributed by atoms with E-state index < -0.39 is 12.0 Å². The maximum Gasteiger partial charge on any atom is 0.329 e. The Morgan fingerprint density at radius 2 is 1.77 bits per heavy atom.